The van der Waals surface area contributed by atoms with Gasteiger partial charge in [0.25, 0.3) is 5.91 Å². The number of para-hydroxylation sites is 2. The molecule has 1 amide bonds. The van der Waals surface area contributed by atoms with Gasteiger partial charge in [0.2, 0.25) is 0 Å². The normalized spacial score (nSPS) is 12.7. The minimum Gasteiger partial charge on any atom is -0.478 e. The van der Waals surface area contributed by atoms with Crippen molar-refractivity contribution >= 4 is 45.7 Å². The average Bonchev–Trinajstić information content (AvgIpc) is 3.36. The highest BCUT2D eigenvalue weighted by Gasteiger charge is 2.22. The van der Waals surface area contributed by atoms with E-state index in [2.05, 4.69) is 35.7 Å². The molecule has 1 aromatic heterocycles. The van der Waals surface area contributed by atoms with Crippen LogP contribution in [0.1, 0.15) is 64.0 Å². The number of fused-ring (bicyclic) bond motifs is 1. The van der Waals surface area contributed by atoms with E-state index in [-0.39, 0.29) is 23.1 Å². The Labute approximate surface area is 232 Å². The van der Waals surface area contributed by atoms with Crippen LogP contribution < -0.4 is 5.32 Å². The minimum atomic E-state index is -1.17. The average molecular weight is 540 g/mol. The van der Waals surface area contributed by atoms with E-state index in [4.69, 9.17) is 11.6 Å². The summed E-state index contributed by atoms with van der Waals surface area (Å²) < 4.78 is 0. The van der Waals surface area contributed by atoms with Crippen molar-refractivity contribution in [2.75, 3.05) is 0 Å². The third-order valence-electron chi connectivity index (χ3n) is 6.36. The second-order valence-corrected chi connectivity index (χ2v) is 9.86. The lowest BCUT2D eigenvalue weighted by molar-refractivity contribution is 0.0696. The monoisotopic (exact) mass is 539 g/mol. The Balaban J connectivity index is 1.68. The number of carboxylic acids is 1. The molecule has 1 heterocycles. The number of benzene rings is 3. The van der Waals surface area contributed by atoms with Crippen molar-refractivity contribution in [3.63, 3.8) is 0 Å². The highest BCUT2D eigenvalue weighted by molar-refractivity contribution is 6.25. The third-order valence-corrected chi connectivity index (χ3v) is 6.50. The van der Waals surface area contributed by atoms with Crippen molar-refractivity contribution in [2.24, 2.45) is 5.92 Å². The van der Waals surface area contributed by atoms with Crippen LogP contribution in [-0.4, -0.2) is 27.0 Å². The van der Waals surface area contributed by atoms with E-state index in [0.29, 0.717) is 28.5 Å². The van der Waals surface area contributed by atoms with Gasteiger partial charge in [-0.2, -0.15) is 0 Å². The Morgan fingerprint density at radius 3 is 2.44 bits per heavy atom. The molecule has 4 rings (SSSR count). The van der Waals surface area contributed by atoms with Crippen LogP contribution in [0.15, 0.2) is 97.1 Å². The van der Waals surface area contributed by atoms with Gasteiger partial charge in [0.15, 0.2) is 0 Å². The van der Waals surface area contributed by atoms with Crippen LogP contribution in [0.5, 0.6) is 0 Å². The quantitative estimate of drug-likeness (QED) is 0.180. The maximum Gasteiger partial charge on any atom is 0.336 e. The lowest BCUT2D eigenvalue weighted by atomic mass is 9.92. The van der Waals surface area contributed by atoms with Gasteiger partial charge in [-0.05, 0) is 59.4 Å². The van der Waals surface area contributed by atoms with Gasteiger partial charge in [-0.15, -0.1) is 0 Å². The van der Waals surface area contributed by atoms with Crippen LogP contribution in [-0.2, 0) is 0 Å². The zero-order valence-electron chi connectivity index (χ0n) is 21.8. The largest absolute Gasteiger partial charge is 0.478 e. The summed E-state index contributed by atoms with van der Waals surface area (Å²) in [6.07, 6.45) is 4.09. The first-order valence-corrected chi connectivity index (χ1v) is 13.1. The number of carbonyl (C=O) groups excluding carboxylic acids is 1. The second kappa shape index (κ2) is 12.4. The molecule has 1 atom stereocenters. The number of aromatic carboxylic acids is 1. The molecule has 0 saturated heterocycles. The van der Waals surface area contributed by atoms with Crippen LogP contribution in [0.2, 0.25) is 0 Å². The highest BCUT2D eigenvalue weighted by Crippen LogP contribution is 2.32. The summed E-state index contributed by atoms with van der Waals surface area (Å²) in [5, 5.41) is 13.2. The molecule has 3 aromatic carbocycles. The summed E-state index contributed by atoms with van der Waals surface area (Å²) in [5.41, 5.74) is 5.53. The number of H-pyrrole nitrogens is 1. The van der Waals surface area contributed by atoms with Crippen molar-refractivity contribution in [3.8, 4) is 0 Å². The zero-order chi connectivity index (χ0) is 27.9. The maximum absolute atomic E-state index is 13.3. The van der Waals surface area contributed by atoms with E-state index in [1.54, 1.807) is 24.3 Å². The van der Waals surface area contributed by atoms with Crippen molar-refractivity contribution < 1.29 is 14.7 Å². The van der Waals surface area contributed by atoms with Gasteiger partial charge in [0.05, 0.1) is 22.6 Å². The number of imidazole rings is 1. The van der Waals surface area contributed by atoms with Crippen molar-refractivity contribution in [3.05, 3.63) is 125 Å². The number of nitrogens with zero attached hydrogens (tertiary/aromatic N) is 1. The van der Waals surface area contributed by atoms with Gasteiger partial charge in [-0.1, -0.05) is 86.6 Å². The number of amides is 1. The van der Waals surface area contributed by atoms with E-state index in [1.807, 2.05) is 54.6 Å². The van der Waals surface area contributed by atoms with Crippen LogP contribution in [0.4, 0.5) is 0 Å². The van der Waals surface area contributed by atoms with Crippen molar-refractivity contribution in [1.29, 1.82) is 0 Å². The molecule has 6 nitrogen and oxygen atoms in total. The molecule has 7 heteroatoms. The first-order valence-electron chi connectivity index (χ1n) is 12.6. The number of nitrogens with one attached hydrogen (secondary N) is 2. The third kappa shape index (κ3) is 6.54. The van der Waals surface area contributed by atoms with Gasteiger partial charge in [-0.3, -0.25) is 4.79 Å². The fourth-order valence-corrected chi connectivity index (χ4v) is 4.56. The Bertz CT molecular complexity index is 1540. The number of hydrogen-bond acceptors (Lipinski definition) is 3. The van der Waals surface area contributed by atoms with Crippen molar-refractivity contribution in [2.45, 2.75) is 26.3 Å². The molecule has 0 aliphatic rings. The number of carbonyl (C=O) groups is 2. The fraction of sp³-hybridized carbons (Fsp3) is 0.156. The number of carboxylic acid groups (broad SMARTS) is 1. The standard InChI is InChI=1S/C32H30ClN3O3/c1-20(2)18-29(22-10-5-4-6-11-22)36-31(37)23-15-16-24(26(19-23)32(38)39)21(3)25(12-9-17-33)30-34-27-13-7-8-14-28(27)35-30/h4-17,19-20,29H,3,18H2,1-2H3,(H,34,35)(H,36,37)(H,38,39)/b17-9-,25-12+/t29-/m1/s1. The van der Waals surface area contributed by atoms with Gasteiger partial charge < -0.3 is 15.4 Å². The van der Waals surface area contributed by atoms with Crippen molar-refractivity contribution in [1.82, 2.24) is 15.3 Å². The molecular formula is C32H30ClN3O3. The Kier molecular flexibility index (Phi) is 8.79. The SMILES string of the molecule is C=C(/C(=C\C=C/Cl)c1nc2ccccc2[nH]1)c1ccc(C(=O)N[C@H](CC(C)C)c2ccccc2)cc1C(=O)O. The fourth-order valence-electron chi connectivity index (χ4n) is 4.48. The number of allylic oxidation sites excluding steroid dienone is 4. The zero-order valence-corrected chi connectivity index (χ0v) is 22.6. The summed E-state index contributed by atoms with van der Waals surface area (Å²) >= 11 is 5.79. The summed E-state index contributed by atoms with van der Waals surface area (Å²) in [4.78, 5) is 33.5. The minimum absolute atomic E-state index is 0.0374. The molecular weight excluding hydrogens is 510 g/mol. The molecule has 0 unspecified atom stereocenters. The molecule has 0 bridgehead atoms. The van der Waals surface area contributed by atoms with E-state index in [9.17, 15) is 14.7 Å². The van der Waals surface area contributed by atoms with E-state index in [0.717, 1.165) is 23.0 Å². The summed E-state index contributed by atoms with van der Waals surface area (Å²) in [6.45, 7) is 8.38. The molecule has 39 heavy (non-hydrogen) atoms. The first kappa shape index (κ1) is 27.6. The molecule has 0 aliphatic heterocycles. The predicted octanol–water partition coefficient (Wildman–Crippen LogP) is 7.63. The number of halogens is 1. The molecule has 4 aromatic rings. The molecule has 198 valence electrons. The summed E-state index contributed by atoms with van der Waals surface area (Å²) in [5.74, 6) is -0.642. The number of rotatable bonds is 10. The summed E-state index contributed by atoms with van der Waals surface area (Å²) in [7, 11) is 0. The van der Waals surface area contributed by atoms with E-state index < -0.39 is 5.97 Å². The smallest absolute Gasteiger partial charge is 0.336 e. The predicted molar refractivity (Wildman–Crippen MR) is 158 cm³/mol. The van der Waals surface area contributed by atoms with E-state index in [1.165, 1.54) is 11.6 Å². The lowest BCUT2D eigenvalue weighted by Crippen LogP contribution is -2.29. The Morgan fingerprint density at radius 2 is 1.77 bits per heavy atom. The van der Waals surface area contributed by atoms with Gasteiger partial charge in [0, 0.05) is 16.7 Å². The molecule has 0 aliphatic carbocycles. The topological polar surface area (TPSA) is 95.1 Å². The van der Waals surface area contributed by atoms with Gasteiger partial charge >= 0.3 is 5.97 Å². The maximum atomic E-state index is 13.3. The van der Waals surface area contributed by atoms with E-state index >= 15 is 0 Å². The van der Waals surface area contributed by atoms with Crippen LogP contribution in [0.3, 0.4) is 0 Å². The Morgan fingerprint density at radius 1 is 1.05 bits per heavy atom. The molecule has 0 fully saturated rings. The molecule has 0 radical (unpaired) electrons. The Hall–Kier alpha value is -4.42. The number of aromatic amines is 1. The summed E-state index contributed by atoms with van der Waals surface area (Å²) in [6, 6.07) is 21.7. The molecule has 3 N–H and O–H groups in total. The number of hydrogen-bond donors (Lipinski definition) is 3. The molecule has 0 spiro atoms. The lowest BCUT2D eigenvalue weighted by Gasteiger charge is -2.21. The van der Waals surface area contributed by atoms with Gasteiger partial charge in [0.1, 0.15) is 5.82 Å². The molecule has 0 saturated carbocycles. The van der Waals surface area contributed by atoms with Crippen LogP contribution in [0.25, 0.3) is 22.2 Å². The van der Waals surface area contributed by atoms with Gasteiger partial charge in [-0.25, -0.2) is 9.78 Å². The van der Waals surface area contributed by atoms with Crippen LogP contribution in [0, 0.1) is 5.92 Å². The van der Waals surface area contributed by atoms with Crippen LogP contribution >= 0.6 is 11.6 Å². The first-order chi connectivity index (χ1) is 18.8. The second-order valence-electron chi connectivity index (χ2n) is 9.61. The number of aromatic nitrogens is 2. The highest BCUT2D eigenvalue weighted by atomic mass is 35.5.